The van der Waals surface area contributed by atoms with E-state index in [-0.39, 0.29) is 11.8 Å². The van der Waals surface area contributed by atoms with Crippen molar-refractivity contribution in [3.05, 3.63) is 22.8 Å². The van der Waals surface area contributed by atoms with E-state index in [1.54, 1.807) is 0 Å². The molecule has 0 bridgehead atoms. The van der Waals surface area contributed by atoms with Crippen molar-refractivity contribution in [2.24, 2.45) is 0 Å². The van der Waals surface area contributed by atoms with E-state index in [1.807, 2.05) is 40.7 Å². The van der Waals surface area contributed by atoms with Crippen molar-refractivity contribution >= 4 is 23.2 Å². The molecule has 0 atom stereocenters. The van der Waals surface area contributed by atoms with Gasteiger partial charge in [0.25, 0.3) is 0 Å². The molecule has 0 aliphatic heterocycles. The van der Waals surface area contributed by atoms with Crippen LogP contribution in [0.4, 0.5) is 11.4 Å². The molecule has 0 spiro atoms. The van der Waals surface area contributed by atoms with Gasteiger partial charge in [0.1, 0.15) is 0 Å². The molecule has 4 heteroatoms. The predicted octanol–water partition coefficient (Wildman–Crippen LogP) is 3.31. The predicted molar refractivity (Wildman–Crippen MR) is 78.5 cm³/mol. The lowest BCUT2D eigenvalue weighted by molar-refractivity contribution is -0.116. The van der Waals surface area contributed by atoms with Gasteiger partial charge in [-0.2, -0.15) is 0 Å². The summed E-state index contributed by atoms with van der Waals surface area (Å²) in [5.41, 5.74) is 4.60. The van der Waals surface area contributed by atoms with Crippen molar-refractivity contribution in [2.45, 2.75) is 47.5 Å². The maximum absolute atomic E-state index is 11.5. The summed E-state index contributed by atoms with van der Waals surface area (Å²) < 4.78 is 0. The summed E-state index contributed by atoms with van der Waals surface area (Å²) in [5, 5.41) is 5.80. The molecule has 0 fully saturated rings. The molecule has 4 nitrogen and oxygen atoms in total. The van der Waals surface area contributed by atoms with Gasteiger partial charge in [-0.15, -0.1) is 0 Å². The molecule has 0 saturated heterocycles. The Balaban J connectivity index is 3.15. The maximum atomic E-state index is 11.5. The Morgan fingerprint density at radius 3 is 2.00 bits per heavy atom. The quantitative estimate of drug-likeness (QED) is 0.874. The molecule has 1 aromatic carbocycles. The van der Waals surface area contributed by atoms with E-state index >= 15 is 0 Å². The summed E-state index contributed by atoms with van der Waals surface area (Å²) in [6, 6.07) is 1.90. The molecule has 2 amide bonds. The van der Waals surface area contributed by atoms with Crippen LogP contribution >= 0.6 is 0 Å². The van der Waals surface area contributed by atoms with Crippen LogP contribution in [-0.4, -0.2) is 11.8 Å². The van der Waals surface area contributed by atoms with E-state index in [4.69, 9.17) is 0 Å². The average molecular weight is 262 g/mol. The van der Waals surface area contributed by atoms with Crippen LogP contribution < -0.4 is 10.6 Å². The van der Waals surface area contributed by atoms with Gasteiger partial charge in [0.05, 0.1) is 0 Å². The van der Waals surface area contributed by atoms with E-state index in [2.05, 4.69) is 10.6 Å². The van der Waals surface area contributed by atoms with Crippen molar-refractivity contribution in [2.75, 3.05) is 10.6 Å². The van der Waals surface area contributed by atoms with Crippen molar-refractivity contribution in [1.29, 1.82) is 0 Å². The van der Waals surface area contributed by atoms with Crippen LogP contribution in [-0.2, 0) is 9.59 Å². The highest BCUT2D eigenvalue weighted by Gasteiger charge is 2.13. The van der Waals surface area contributed by atoms with E-state index < -0.39 is 0 Å². The van der Waals surface area contributed by atoms with Gasteiger partial charge in [-0.05, 0) is 43.5 Å². The molecule has 0 saturated carbocycles. The third-order valence-electron chi connectivity index (χ3n) is 3.28. The smallest absolute Gasteiger partial charge is 0.224 e. The van der Waals surface area contributed by atoms with Crippen LogP contribution in [0.3, 0.4) is 0 Å². The van der Waals surface area contributed by atoms with Crippen molar-refractivity contribution < 1.29 is 9.59 Å². The van der Waals surface area contributed by atoms with Gasteiger partial charge in [0, 0.05) is 24.2 Å². The van der Waals surface area contributed by atoms with Gasteiger partial charge in [-0.3, -0.25) is 9.59 Å². The van der Waals surface area contributed by atoms with Crippen LogP contribution in [0.15, 0.2) is 6.07 Å². The molecule has 0 aromatic heterocycles. The number of carbonyl (C=O) groups is 2. The van der Waals surface area contributed by atoms with Crippen LogP contribution in [0.5, 0.6) is 0 Å². The van der Waals surface area contributed by atoms with Crippen molar-refractivity contribution in [3.8, 4) is 0 Å². The number of benzene rings is 1. The normalized spacial score (nSPS) is 10.2. The fourth-order valence-electron chi connectivity index (χ4n) is 1.87. The maximum Gasteiger partial charge on any atom is 0.224 e. The molecule has 2 N–H and O–H groups in total. The molecule has 0 aliphatic carbocycles. The topological polar surface area (TPSA) is 58.2 Å². The lowest BCUT2D eigenvalue weighted by atomic mass is 10.0. The minimum Gasteiger partial charge on any atom is -0.326 e. The molecule has 1 rings (SSSR count). The number of carbonyl (C=O) groups excluding carboxylic acids is 2. The number of aryl methyl sites for hydroxylation is 1. The first-order valence-corrected chi connectivity index (χ1v) is 6.61. The fraction of sp³-hybridized carbons (Fsp3) is 0.467. The first-order valence-electron chi connectivity index (χ1n) is 6.61. The number of nitrogens with one attached hydrogen (secondary N) is 2. The minimum atomic E-state index is -0.00718. The van der Waals surface area contributed by atoms with Crippen LogP contribution in [0.25, 0.3) is 0 Å². The number of anilines is 2. The van der Waals surface area contributed by atoms with Crippen LogP contribution in [0, 0.1) is 20.8 Å². The Labute approximate surface area is 114 Å². The lowest BCUT2D eigenvalue weighted by Gasteiger charge is -2.17. The summed E-state index contributed by atoms with van der Waals surface area (Å²) in [6.45, 7) is 9.47. The largest absolute Gasteiger partial charge is 0.326 e. The Hall–Kier alpha value is -1.84. The second kappa shape index (κ2) is 6.36. The van der Waals surface area contributed by atoms with Crippen molar-refractivity contribution in [3.63, 3.8) is 0 Å². The zero-order valence-electron chi connectivity index (χ0n) is 12.3. The molecule has 0 unspecified atom stereocenters. The third-order valence-corrected chi connectivity index (χ3v) is 3.28. The number of amides is 2. The third kappa shape index (κ3) is 3.56. The SMILES string of the molecule is CCC(=O)Nc1cc(C)c(NC(=O)CC)c(C)c1C. The van der Waals surface area contributed by atoms with Crippen LogP contribution in [0.2, 0.25) is 0 Å². The van der Waals surface area contributed by atoms with E-state index in [1.165, 1.54) is 0 Å². The average Bonchev–Trinajstić information content (AvgIpc) is 2.40. The van der Waals surface area contributed by atoms with Gasteiger partial charge >= 0.3 is 0 Å². The summed E-state index contributed by atoms with van der Waals surface area (Å²) in [7, 11) is 0. The highest BCUT2D eigenvalue weighted by molar-refractivity contribution is 5.95. The Kier molecular flexibility index (Phi) is 5.10. The standard InChI is InChI=1S/C15H22N2O2/c1-6-13(18)16-12-8-9(3)15(11(5)10(12)4)17-14(19)7-2/h8H,6-7H2,1-5H3,(H,16,18)(H,17,19). The molecular weight excluding hydrogens is 240 g/mol. The number of hydrogen-bond donors (Lipinski definition) is 2. The van der Waals surface area contributed by atoms with E-state index in [0.717, 1.165) is 28.1 Å². The lowest BCUT2D eigenvalue weighted by Crippen LogP contribution is -2.15. The summed E-state index contributed by atoms with van der Waals surface area (Å²) >= 11 is 0. The second-order valence-electron chi connectivity index (χ2n) is 4.67. The van der Waals surface area contributed by atoms with Crippen molar-refractivity contribution in [1.82, 2.24) is 0 Å². The Morgan fingerprint density at radius 2 is 1.47 bits per heavy atom. The zero-order chi connectivity index (χ0) is 14.6. The van der Waals surface area contributed by atoms with Gasteiger partial charge in [-0.25, -0.2) is 0 Å². The molecule has 0 aliphatic rings. The molecule has 0 radical (unpaired) electrons. The summed E-state index contributed by atoms with van der Waals surface area (Å²) in [4.78, 5) is 23.0. The molecule has 0 heterocycles. The molecule has 19 heavy (non-hydrogen) atoms. The second-order valence-corrected chi connectivity index (χ2v) is 4.67. The summed E-state index contributed by atoms with van der Waals surface area (Å²) in [5.74, 6) is -0.0109. The van der Waals surface area contributed by atoms with E-state index in [9.17, 15) is 9.59 Å². The highest BCUT2D eigenvalue weighted by Crippen LogP contribution is 2.30. The zero-order valence-corrected chi connectivity index (χ0v) is 12.3. The van der Waals surface area contributed by atoms with Gasteiger partial charge in [-0.1, -0.05) is 13.8 Å². The highest BCUT2D eigenvalue weighted by atomic mass is 16.2. The van der Waals surface area contributed by atoms with E-state index in [0.29, 0.717) is 12.8 Å². The fourth-order valence-corrected chi connectivity index (χ4v) is 1.87. The van der Waals surface area contributed by atoms with Gasteiger partial charge < -0.3 is 10.6 Å². The van der Waals surface area contributed by atoms with Gasteiger partial charge in [0.2, 0.25) is 11.8 Å². The first kappa shape index (κ1) is 15.2. The minimum absolute atomic E-state index is 0.00376. The first-order chi connectivity index (χ1) is 8.90. The Bertz CT molecular complexity index is 507. The monoisotopic (exact) mass is 262 g/mol. The molecule has 1 aromatic rings. The number of hydrogen-bond acceptors (Lipinski definition) is 2. The molecular formula is C15H22N2O2. The van der Waals surface area contributed by atoms with Crippen LogP contribution in [0.1, 0.15) is 43.4 Å². The number of rotatable bonds is 4. The van der Waals surface area contributed by atoms with Gasteiger partial charge in [0.15, 0.2) is 0 Å². The molecule has 104 valence electrons. The Morgan fingerprint density at radius 1 is 0.947 bits per heavy atom. The summed E-state index contributed by atoms with van der Waals surface area (Å²) in [6.07, 6.45) is 0.901.